The third-order valence-electron chi connectivity index (χ3n) is 3.63. The number of amides is 2. The lowest BCUT2D eigenvalue weighted by atomic mass is 10.2. The number of hydrogen-bond acceptors (Lipinski definition) is 4. The summed E-state index contributed by atoms with van der Waals surface area (Å²) in [6.07, 6.45) is 7.36. The quantitative estimate of drug-likeness (QED) is 0.782. The van der Waals surface area contributed by atoms with Gasteiger partial charge in [-0.2, -0.15) is 0 Å². The van der Waals surface area contributed by atoms with Crippen LogP contribution in [0.15, 0.2) is 41.8 Å². The highest BCUT2D eigenvalue weighted by atomic mass is 32.2. The number of imidazole rings is 1. The van der Waals surface area contributed by atoms with E-state index in [1.54, 1.807) is 43.3 Å². The van der Waals surface area contributed by atoms with Gasteiger partial charge in [0.1, 0.15) is 5.75 Å². The Kier molecular flexibility index (Phi) is 6.54. The summed E-state index contributed by atoms with van der Waals surface area (Å²) >= 11 is 1.64. The minimum Gasteiger partial charge on any atom is -0.496 e. The summed E-state index contributed by atoms with van der Waals surface area (Å²) in [6, 6.07) is 5.93. The molecule has 130 valence electrons. The SMILES string of the molecule is COc1cc(CN(C)C(=O)N[C@H](C)Cn2ccnc2)ccc1SC. The molecule has 7 heteroatoms. The van der Waals surface area contributed by atoms with E-state index >= 15 is 0 Å². The summed E-state index contributed by atoms with van der Waals surface area (Å²) < 4.78 is 7.34. The van der Waals surface area contributed by atoms with E-state index in [1.165, 1.54) is 0 Å². The number of rotatable bonds is 7. The van der Waals surface area contributed by atoms with Crippen LogP contribution in [-0.4, -0.2) is 46.9 Å². The summed E-state index contributed by atoms with van der Waals surface area (Å²) in [6.45, 7) is 3.19. The maximum atomic E-state index is 12.3. The van der Waals surface area contributed by atoms with Gasteiger partial charge in [0, 0.05) is 43.5 Å². The van der Waals surface area contributed by atoms with Gasteiger partial charge in [-0.3, -0.25) is 0 Å². The first-order chi connectivity index (χ1) is 11.5. The van der Waals surface area contributed by atoms with E-state index in [9.17, 15) is 4.79 Å². The number of urea groups is 1. The van der Waals surface area contributed by atoms with Crippen molar-refractivity contribution in [3.05, 3.63) is 42.5 Å². The Labute approximate surface area is 147 Å². The molecule has 1 aromatic carbocycles. The van der Waals surface area contributed by atoms with Crippen LogP contribution in [0, 0.1) is 0 Å². The normalized spacial score (nSPS) is 11.8. The van der Waals surface area contributed by atoms with Crippen molar-refractivity contribution in [2.24, 2.45) is 0 Å². The van der Waals surface area contributed by atoms with E-state index in [2.05, 4.69) is 10.3 Å². The van der Waals surface area contributed by atoms with Crippen LogP contribution in [0.1, 0.15) is 12.5 Å². The zero-order valence-electron chi connectivity index (χ0n) is 14.5. The molecule has 0 spiro atoms. The van der Waals surface area contributed by atoms with Gasteiger partial charge in [-0.05, 0) is 30.9 Å². The molecule has 0 bridgehead atoms. The number of nitrogens with one attached hydrogen (secondary N) is 1. The van der Waals surface area contributed by atoms with Crippen LogP contribution in [0.2, 0.25) is 0 Å². The third kappa shape index (κ3) is 4.92. The van der Waals surface area contributed by atoms with Crippen molar-refractivity contribution >= 4 is 17.8 Å². The predicted molar refractivity (Wildman–Crippen MR) is 96.5 cm³/mol. The van der Waals surface area contributed by atoms with Gasteiger partial charge in [0.05, 0.1) is 13.4 Å². The number of carbonyl (C=O) groups is 1. The molecule has 0 fully saturated rings. The number of thioether (sulfide) groups is 1. The first-order valence-corrected chi connectivity index (χ1v) is 8.94. The Morgan fingerprint density at radius 1 is 1.50 bits per heavy atom. The minimum absolute atomic E-state index is 0.0163. The largest absolute Gasteiger partial charge is 0.496 e. The molecule has 0 saturated carbocycles. The smallest absolute Gasteiger partial charge is 0.317 e. The lowest BCUT2D eigenvalue weighted by Gasteiger charge is -2.22. The Morgan fingerprint density at radius 2 is 2.29 bits per heavy atom. The molecule has 0 saturated heterocycles. The Bertz CT molecular complexity index is 661. The van der Waals surface area contributed by atoms with Gasteiger partial charge < -0.3 is 19.5 Å². The van der Waals surface area contributed by atoms with Crippen LogP contribution in [-0.2, 0) is 13.1 Å². The molecule has 0 unspecified atom stereocenters. The number of benzene rings is 1. The molecule has 0 aliphatic heterocycles. The van der Waals surface area contributed by atoms with Gasteiger partial charge >= 0.3 is 6.03 Å². The number of hydrogen-bond donors (Lipinski definition) is 1. The summed E-state index contributed by atoms with van der Waals surface area (Å²) in [5.41, 5.74) is 1.03. The summed E-state index contributed by atoms with van der Waals surface area (Å²) in [4.78, 5) is 19.1. The Balaban J connectivity index is 1.91. The van der Waals surface area contributed by atoms with Crippen molar-refractivity contribution < 1.29 is 9.53 Å². The van der Waals surface area contributed by atoms with Crippen LogP contribution < -0.4 is 10.1 Å². The minimum atomic E-state index is -0.101. The molecule has 2 rings (SSSR count). The third-order valence-corrected chi connectivity index (χ3v) is 4.41. The van der Waals surface area contributed by atoms with Gasteiger partial charge in [-0.15, -0.1) is 11.8 Å². The zero-order valence-corrected chi connectivity index (χ0v) is 15.3. The van der Waals surface area contributed by atoms with Crippen LogP contribution in [0.25, 0.3) is 0 Å². The molecule has 1 heterocycles. The first kappa shape index (κ1) is 18.2. The van der Waals surface area contributed by atoms with Crippen LogP contribution >= 0.6 is 11.8 Å². The molecule has 0 radical (unpaired) electrons. The molecule has 0 aliphatic carbocycles. The maximum Gasteiger partial charge on any atom is 0.317 e. The van der Waals surface area contributed by atoms with Gasteiger partial charge in [-0.25, -0.2) is 9.78 Å². The van der Waals surface area contributed by atoms with Gasteiger partial charge in [-0.1, -0.05) is 6.07 Å². The fraction of sp³-hybridized carbons (Fsp3) is 0.412. The van der Waals surface area contributed by atoms with E-state index in [-0.39, 0.29) is 12.1 Å². The average molecular weight is 348 g/mol. The molecule has 24 heavy (non-hydrogen) atoms. The summed E-state index contributed by atoms with van der Waals surface area (Å²) in [5, 5.41) is 2.99. The van der Waals surface area contributed by atoms with Crippen molar-refractivity contribution in [3.63, 3.8) is 0 Å². The van der Waals surface area contributed by atoms with Gasteiger partial charge in [0.25, 0.3) is 0 Å². The lowest BCUT2D eigenvalue weighted by Crippen LogP contribution is -2.43. The Morgan fingerprint density at radius 3 is 2.92 bits per heavy atom. The number of carbonyl (C=O) groups excluding carboxylic acids is 1. The first-order valence-electron chi connectivity index (χ1n) is 7.71. The maximum absolute atomic E-state index is 12.3. The summed E-state index contributed by atoms with van der Waals surface area (Å²) in [7, 11) is 3.45. The van der Waals surface area contributed by atoms with Crippen molar-refractivity contribution in [1.29, 1.82) is 0 Å². The van der Waals surface area contributed by atoms with Crippen molar-refractivity contribution in [1.82, 2.24) is 19.8 Å². The van der Waals surface area contributed by atoms with Crippen LogP contribution in [0.5, 0.6) is 5.75 Å². The number of methoxy groups -OCH3 is 1. The molecule has 2 amide bonds. The van der Waals surface area contributed by atoms with E-state index in [0.717, 1.165) is 16.2 Å². The van der Waals surface area contributed by atoms with E-state index in [1.807, 2.05) is 42.1 Å². The predicted octanol–water partition coefficient (Wildman–Crippen LogP) is 2.84. The molecule has 1 aromatic heterocycles. The van der Waals surface area contributed by atoms with Gasteiger partial charge in [0.15, 0.2) is 0 Å². The van der Waals surface area contributed by atoms with Crippen LogP contribution in [0.4, 0.5) is 4.79 Å². The second-order valence-corrected chi connectivity index (χ2v) is 6.50. The molecule has 1 atom stereocenters. The Hall–Kier alpha value is -2.15. The highest BCUT2D eigenvalue weighted by molar-refractivity contribution is 7.98. The fourth-order valence-electron chi connectivity index (χ4n) is 2.40. The average Bonchev–Trinajstić information content (AvgIpc) is 3.07. The monoisotopic (exact) mass is 348 g/mol. The lowest BCUT2D eigenvalue weighted by molar-refractivity contribution is 0.202. The highest BCUT2D eigenvalue weighted by Gasteiger charge is 2.13. The zero-order chi connectivity index (χ0) is 17.5. The van der Waals surface area contributed by atoms with E-state index in [4.69, 9.17) is 4.74 Å². The molecular formula is C17H24N4O2S. The van der Waals surface area contributed by atoms with E-state index < -0.39 is 0 Å². The molecule has 0 aliphatic rings. The molecule has 2 aromatic rings. The second-order valence-electron chi connectivity index (χ2n) is 5.66. The fourth-order valence-corrected chi connectivity index (χ4v) is 2.95. The van der Waals surface area contributed by atoms with Crippen molar-refractivity contribution in [3.8, 4) is 5.75 Å². The van der Waals surface area contributed by atoms with E-state index in [0.29, 0.717) is 13.1 Å². The standard InChI is InChI=1S/C17H24N4O2S/c1-13(10-21-8-7-18-12-21)19-17(22)20(2)11-14-5-6-16(24-4)15(9-14)23-3/h5-9,12-13H,10-11H2,1-4H3,(H,19,22)/t13-/m1/s1. The molecule has 6 nitrogen and oxygen atoms in total. The highest BCUT2D eigenvalue weighted by Crippen LogP contribution is 2.28. The van der Waals surface area contributed by atoms with Gasteiger partial charge in [0.2, 0.25) is 0 Å². The molecular weight excluding hydrogens is 324 g/mol. The summed E-state index contributed by atoms with van der Waals surface area (Å²) in [5.74, 6) is 0.835. The topological polar surface area (TPSA) is 59.4 Å². The number of ether oxygens (including phenoxy) is 1. The second kappa shape index (κ2) is 8.63. The van der Waals surface area contributed by atoms with Crippen molar-refractivity contribution in [2.75, 3.05) is 20.4 Å². The van der Waals surface area contributed by atoms with Crippen molar-refractivity contribution in [2.45, 2.75) is 31.0 Å². The number of nitrogens with zero attached hydrogens (tertiary/aromatic N) is 3. The number of aromatic nitrogens is 2. The van der Waals surface area contributed by atoms with Crippen LogP contribution in [0.3, 0.4) is 0 Å². The molecule has 1 N–H and O–H groups in total.